The molecule has 0 unspecified atom stereocenters. The molecule has 16 heavy (non-hydrogen) atoms. The van der Waals surface area contributed by atoms with Crippen LogP contribution in [0.3, 0.4) is 0 Å². The molecule has 0 aliphatic rings. The second-order valence-corrected chi connectivity index (χ2v) is 3.86. The maximum absolute atomic E-state index is 4.51. The Bertz CT molecular complexity index is 565. The normalized spacial score (nSPS) is 11.1. The molecule has 1 aromatic heterocycles. The van der Waals surface area contributed by atoms with E-state index in [-0.39, 0.29) is 0 Å². The van der Waals surface area contributed by atoms with Crippen molar-refractivity contribution in [1.29, 1.82) is 0 Å². The third-order valence-corrected chi connectivity index (χ3v) is 2.62. The molecule has 1 heterocycles. The second kappa shape index (κ2) is 4.31. The minimum absolute atomic E-state index is 1.04. The van der Waals surface area contributed by atoms with E-state index >= 15 is 0 Å². The summed E-state index contributed by atoms with van der Waals surface area (Å²) in [6, 6.07) is 6.34. The Morgan fingerprint density at radius 3 is 2.81 bits per heavy atom. The van der Waals surface area contributed by atoms with Crippen LogP contribution < -0.4 is 0 Å². The molecule has 0 N–H and O–H groups in total. The molecule has 1 heteroatoms. The number of nitrogens with zero attached hydrogens (tertiary/aromatic N) is 1. The van der Waals surface area contributed by atoms with Crippen LogP contribution in [0.25, 0.3) is 23.1 Å². The highest BCUT2D eigenvalue weighted by molar-refractivity contribution is 5.91. The quantitative estimate of drug-likeness (QED) is 0.721. The van der Waals surface area contributed by atoms with E-state index in [1.54, 1.807) is 0 Å². The van der Waals surface area contributed by atoms with Crippen molar-refractivity contribution < 1.29 is 0 Å². The molecule has 0 amide bonds. The van der Waals surface area contributed by atoms with Gasteiger partial charge in [0.1, 0.15) is 0 Å². The lowest BCUT2D eigenvalue weighted by Gasteiger charge is -2.06. The molecular weight excluding hydrogens is 194 g/mol. The predicted octanol–water partition coefficient (Wildman–Crippen LogP) is 4.22. The summed E-state index contributed by atoms with van der Waals surface area (Å²) in [5.41, 5.74) is 4.50. The molecule has 0 fully saturated rings. The zero-order chi connectivity index (χ0) is 11.5. The van der Waals surface area contributed by atoms with E-state index in [4.69, 9.17) is 0 Å². The van der Waals surface area contributed by atoms with Crippen molar-refractivity contribution in [3.05, 3.63) is 53.7 Å². The molecule has 0 saturated carbocycles. The Kier molecular flexibility index (Phi) is 2.86. The average molecular weight is 209 g/mol. The molecule has 0 spiro atoms. The van der Waals surface area contributed by atoms with E-state index < -0.39 is 0 Å². The highest BCUT2D eigenvalue weighted by Gasteiger charge is 2.03. The third-order valence-electron chi connectivity index (χ3n) is 2.62. The molecule has 80 valence electrons. The topological polar surface area (TPSA) is 12.9 Å². The van der Waals surface area contributed by atoms with E-state index in [9.17, 15) is 0 Å². The molecule has 0 aliphatic heterocycles. The Morgan fingerprint density at radius 2 is 2.12 bits per heavy atom. The largest absolute Gasteiger partial charge is 0.255 e. The molecule has 0 saturated heterocycles. The summed E-state index contributed by atoms with van der Waals surface area (Å²) in [6.45, 7) is 7.91. The summed E-state index contributed by atoms with van der Waals surface area (Å²) in [7, 11) is 0. The minimum atomic E-state index is 1.04. The van der Waals surface area contributed by atoms with Gasteiger partial charge in [-0.25, -0.2) is 0 Å². The number of pyridine rings is 1. The summed E-state index contributed by atoms with van der Waals surface area (Å²) >= 11 is 0. The highest BCUT2D eigenvalue weighted by Crippen LogP contribution is 2.23. The van der Waals surface area contributed by atoms with Gasteiger partial charge in [0, 0.05) is 17.1 Å². The standard InChI is InChI=1S/C15H15N/c1-4-6-14-12(5-2)7-8-13-9-11(3)10-16-15(13)14/h4-10H,2H2,1,3H3/b6-4-. The summed E-state index contributed by atoms with van der Waals surface area (Å²) in [4.78, 5) is 4.51. The van der Waals surface area contributed by atoms with Crippen molar-refractivity contribution in [3.8, 4) is 0 Å². The van der Waals surface area contributed by atoms with Crippen LogP contribution in [0.4, 0.5) is 0 Å². The Morgan fingerprint density at radius 1 is 1.31 bits per heavy atom. The molecule has 0 radical (unpaired) electrons. The zero-order valence-electron chi connectivity index (χ0n) is 9.70. The van der Waals surface area contributed by atoms with Crippen LogP contribution in [0.1, 0.15) is 23.6 Å². The zero-order valence-corrected chi connectivity index (χ0v) is 9.70. The summed E-state index contributed by atoms with van der Waals surface area (Å²) in [5, 5.41) is 1.18. The fourth-order valence-corrected chi connectivity index (χ4v) is 1.87. The van der Waals surface area contributed by atoms with Gasteiger partial charge < -0.3 is 0 Å². The smallest absolute Gasteiger partial charge is 0.0780 e. The number of aromatic nitrogens is 1. The van der Waals surface area contributed by atoms with E-state index in [0.29, 0.717) is 0 Å². The van der Waals surface area contributed by atoms with E-state index in [0.717, 1.165) is 16.6 Å². The average Bonchev–Trinajstić information content (AvgIpc) is 2.29. The van der Waals surface area contributed by atoms with Gasteiger partial charge in [-0.2, -0.15) is 0 Å². The van der Waals surface area contributed by atoms with Crippen molar-refractivity contribution in [1.82, 2.24) is 4.98 Å². The van der Waals surface area contributed by atoms with E-state index in [1.807, 2.05) is 25.3 Å². The number of benzene rings is 1. The number of rotatable bonds is 2. The van der Waals surface area contributed by atoms with Crippen LogP contribution in [0.5, 0.6) is 0 Å². The first-order chi connectivity index (χ1) is 7.76. The van der Waals surface area contributed by atoms with Gasteiger partial charge in [-0.1, -0.05) is 36.9 Å². The van der Waals surface area contributed by atoms with E-state index in [1.165, 1.54) is 10.9 Å². The first-order valence-electron chi connectivity index (χ1n) is 5.40. The van der Waals surface area contributed by atoms with Crippen LogP contribution in [-0.4, -0.2) is 4.98 Å². The number of hydrogen-bond donors (Lipinski definition) is 0. The van der Waals surface area contributed by atoms with Crippen molar-refractivity contribution >= 4 is 23.1 Å². The molecule has 0 aliphatic carbocycles. The molecule has 1 aromatic carbocycles. The predicted molar refractivity (Wildman–Crippen MR) is 71.3 cm³/mol. The lowest BCUT2D eigenvalue weighted by molar-refractivity contribution is 1.33. The van der Waals surface area contributed by atoms with Gasteiger partial charge in [-0.05, 0) is 31.0 Å². The molecule has 1 nitrogen and oxygen atoms in total. The summed E-state index contributed by atoms with van der Waals surface area (Å²) in [5.74, 6) is 0. The van der Waals surface area contributed by atoms with Crippen LogP contribution in [0.15, 0.2) is 37.1 Å². The Balaban J connectivity index is 2.83. The highest BCUT2D eigenvalue weighted by atomic mass is 14.7. The monoisotopic (exact) mass is 209 g/mol. The van der Waals surface area contributed by atoms with Crippen LogP contribution >= 0.6 is 0 Å². The first kappa shape index (κ1) is 10.6. The molecule has 0 bridgehead atoms. The first-order valence-corrected chi connectivity index (χ1v) is 5.40. The van der Waals surface area contributed by atoms with Crippen molar-refractivity contribution in [2.75, 3.05) is 0 Å². The fraction of sp³-hybridized carbons (Fsp3) is 0.133. The van der Waals surface area contributed by atoms with Crippen LogP contribution in [-0.2, 0) is 0 Å². The fourth-order valence-electron chi connectivity index (χ4n) is 1.87. The van der Waals surface area contributed by atoms with Crippen molar-refractivity contribution in [2.24, 2.45) is 0 Å². The van der Waals surface area contributed by atoms with Gasteiger partial charge in [-0.15, -0.1) is 0 Å². The summed E-state index contributed by atoms with van der Waals surface area (Å²) < 4.78 is 0. The van der Waals surface area contributed by atoms with Gasteiger partial charge in [0.25, 0.3) is 0 Å². The van der Waals surface area contributed by atoms with Crippen LogP contribution in [0, 0.1) is 6.92 Å². The van der Waals surface area contributed by atoms with Gasteiger partial charge >= 0.3 is 0 Å². The Hall–Kier alpha value is -1.89. The molecule has 2 rings (SSSR count). The van der Waals surface area contributed by atoms with Crippen molar-refractivity contribution in [3.63, 3.8) is 0 Å². The Labute approximate surface area is 96.1 Å². The number of aryl methyl sites for hydroxylation is 1. The van der Waals surface area contributed by atoms with Gasteiger partial charge in [0.15, 0.2) is 0 Å². The van der Waals surface area contributed by atoms with Gasteiger partial charge in [0.05, 0.1) is 5.52 Å². The van der Waals surface area contributed by atoms with Crippen LogP contribution in [0.2, 0.25) is 0 Å². The molecule has 2 aromatic rings. The van der Waals surface area contributed by atoms with Gasteiger partial charge in [-0.3, -0.25) is 4.98 Å². The third kappa shape index (κ3) is 1.76. The van der Waals surface area contributed by atoms with Crippen molar-refractivity contribution in [2.45, 2.75) is 13.8 Å². The van der Waals surface area contributed by atoms with Gasteiger partial charge in [0.2, 0.25) is 0 Å². The SMILES string of the molecule is C=Cc1ccc2cc(C)cnc2c1/C=C\C. The van der Waals surface area contributed by atoms with E-state index in [2.05, 4.69) is 42.8 Å². The minimum Gasteiger partial charge on any atom is -0.255 e. The maximum atomic E-state index is 4.51. The second-order valence-electron chi connectivity index (χ2n) is 3.86. The lowest BCUT2D eigenvalue weighted by atomic mass is 10.0. The number of fused-ring (bicyclic) bond motifs is 1. The summed E-state index contributed by atoms with van der Waals surface area (Å²) in [6.07, 6.45) is 7.89. The lowest BCUT2D eigenvalue weighted by Crippen LogP contribution is -1.88. The maximum Gasteiger partial charge on any atom is 0.0780 e. The number of allylic oxidation sites excluding steroid dienone is 1. The number of hydrogen-bond acceptors (Lipinski definition) is 1. The molecular formula is C15H15N. The molecule has 0 atom stereocenters.